The molecule has 0 spiro atoms. The van der Waals surface area contributed by atoms with Crippen LogP contribution in [0.1, 0.15) is 0 Å². The fourth-order valence-corrected chi connectivity index (χ4v) is 0. The van der Waals surface area contributed by atoms with Crippen LogP contribution in [0.5, 0.6) is 0 Å². The van der Waals surface area contributed by atoms with Crippen LogP contribution in [0.4, 0.5) is 0 Å². The first kappa shape index (κ1) is 83.3. The van der Waals surface area contributed by atoms with Gasteiger partial charge in [0.25, 0.3) is 0 Å². The largest absolute Gasteiger partial charge is 0 e. The van der Waals surface area contributed by atoms with E-state index in [0.29, 0.717) is 0 Å². The van der Waals surface area contributed by atoms with Crippen molar-refractivity contribution < 1.29 is 115 Å². The van der Waals surface area contributed by atoms with E-state index >= 15 is 0 Å². The van der Waals surface area contributed by atoms with E-state index in [1.165, 1.54) is 0 Å². The van der Waals surface area contributed by atoms with Crippen molar-refractivity contribution in [2.75, 3.05) is 0 Å². The van der Waals surface area contributed by atoms with Gasteiger partial charge in [0.05, 0.1) is 0 Å². The van der Waals surface area contributed by atoms with E-state index in [1.54, 1.807) is 0 Å². The van der Waals surface area contributed by atoms with Gasteiger partial charge in [-0.3, -0.25) is 0 Å². The van der Waals surface area contributed by atoms with E-state index in [-0.39, 0.29) is 144 Å². The van der Waals surface area contributed by atoms with E-state index in [0.717, 1.165) is 0 Å². The topological polar surface area (TPSA) is 0 Å². The zero-order valence-electron chi connectivity index (χ0n) is 3.51. The molecule has 0 aliphatic rings. The molecule has 8 heteroatoms. The summed E-state index contributed by atoms with van der Waals surface area (Å²) in [6.45, 7) is 0. The van der Waals surface area contributed by atoms with E-state index in [9.17, 15) is 0 Å². The van der Waals surface area contributed by atoms with Crippen molar-refractivity contribution in [3.05, 3.63) is 0 Å². The van der Waals surface area contributed by atoms with Gasteiger partial charge in [0.15, 0.2) is 0 Å². The van der Waals surface area contributed by atoms with E-state index in [4.69, 9.17) is 0 Å². The van der Waals surface area contributed by atoms with Crippen molar-refractivity contribution in [2.24, 2.45) is 0 Å². The van der Waals surface area contributed by atoms with Crippen LogP contribution in [-0.2, 0) is 115 Å². The normalized spacial score (nSPS) is 0. The van der Waals surface area contributed by atoms with Gasteiger partial charge in [0.2, 0.25) is 0 Å². The molecule has 0 bridgehead atoms. The summed E-state index contributed by atoms with van der Waals surface area (Å²) in [6, 6.07) is 0. The predicted octanol–water partition coefficient (Wildman–Crippen LogP) is -0.777. The predicted molar refractivity (Wildman–Crippen MR) is 11.5 cm³/mol. The van der Waals surface area contributed by atoms with Gasteiger partial charge in [-0.05, 0) is 0 Å². The number of rotatable bonds is 0. The molecule has 0 N–H and O–H groups in total. The first-order valence-corrected chi connectivity index (χ1v) is 0. The third kappa shape index (κ3) is 47.5. The van der Waals surface area contributed by atoms with Crippen LogP contribution in [0.2, 0.25) is 0 Å². The minimum atomic E-state index is 0. The molecule has 0 unspecified atom stereocenters. The van der Waals surface area contributed by atoms with Crippen molar-refractivity contribution >= 4 is 28.3 Å². The number of hydrogen-bond acceptors (Lipinski definition) is 0. The van der Waals surface area contributed by atoms with Gasteiger partial charge in [-0.1, -0.05) is 0 Å². The second-order valence-electron chi connectivity index (χ2n) is 0. The van der Waals surface area contributed by atoms with Crippen LogP contribution >= 0.6 is 0 Å². The fraction of sp³-hybridized carbons (Fsp3) is 0. The zero-order chi connectivity index (χ0) is 0. The Labute approximate surface area is 141 Å². The van der Waals surface area contributed by atoms with Crippen LogP contribution in [-0.4, -0.2) is 28.3 Å². The molecule has 0 rings (SSSR count). The molecule has 8 radical (unpaired) electrons. The van der Waals surface area contributed by atoms with Crippen molar-refractivity contribution in [3.63, 3.8) is 0 Å². The molecule has 0 heterocycles. The third-order valence-corrected chi connectivity index (χ3v) is 0. The Morgan fingerprint density at radius 1 is 0.625 bits per heavy atom. The molecule has 0 fully saturated rings. The Morgan fingerprint density at radius 2 is 0.625 bits per heavy atom. The second kappa shape index (κ2) is 63.7. The van der Waals surface area contributed by atoms with Crippen LogP contribution in [0.15, 0.2) is 0 Å². The minimum absolute atomic E-state index is 0. The Balaban J connectivity index is 0. The molecule has 0 aromatic rings. The average molecular weight is 380 g/mol. The SMILES string of the molecule is [Al].[Cu].[Ni].[Ni].[Si].[Ti].[Ti].[Ti]. The summed E-state index contributed by atoms with van der Waals surface area (Å²) >= 11 is 0. The molecular formula is AlCuNi2SiTi3. The fourth-order valence-electron chi connectivity index (χ4n) is 0. The molecule has 0 nitrogen and oxygen atoms in total. The van der Waals surface area contributed by atoms with Crippen molar-refractivity contribution in [1.82, 2.24) is 0 Å². The molecule has 0 atom stereocenters. The van der Waals surface area contributed by atoms with Gasteiger partial charge in [0.1, 0.15) is 0 Å². The van der Waals surface area contributed by atoms with Gasteiger partial charge in [-0.2, -0.15) is 0 Å². The summed E-state index contributed by atoms with van der Waals surface area (Å²) in [5, 5.41) is 0. The Bertz CT molecular complexity index is 17.2. The first-order valence-electron chi connectivity index (χ1n) is 0. The molecule has 0 aliphatic carbocycles. The maximum atomic E-state index is 0. The second-order valence-corrected chi connectivity index (χ2v) is 0. The van der Waals surface area contributed by atoms with Crippen molar-refractivity contribution in [1.29, 1.82) is 0 Å². The Kier molecular flexibility index (Phi) is 663. The summed E-state index contributed by atoms with van der Waals surface area (Å²) < 4.78 is 0. The maximum absolute atomic E-state index is 0. The molecule has 0 amide bonds. The number of hydrogen-bond donors (Lipinski definition) is 0. The molecule has 0 aromatic carbocycles. The summed E-state index contributed by atoms with van der Waals surface area (Å²) in [5.74, 6) is 0. The molecule has 50 valence electrons. The molecule has 0 saturated carbocycles. The van der Waals surface area contributed by atoms with Crippen LogP contribution in [0.25, 0.3) is 0 Å². The van der Waals surface area contributed by atoms with Gasteiger partial charge in [-0.25, -0.2) is 0 Å². The van der Waals surface area contributed by atoms with Crippen molar-refractivity contribution in [3.8, 4) is 0 Å². The van der Waals surface area contributed by atoms with Crippen LogP contribution < -0.4 is 0 Å². The zero-order valence-corrected chi connectivity index (χ0v) is 13.3. The quantitative estimate of drug-likeness (QED) is 0.485. The van der Waals surface area contributed by atoms with Gasteiger partial charge >= 0.3 is 0 Å². The monoisotopic (exact) mass is 378 g/mol. The first-order chi connectivity index (χ1) is 0. The Hall–Kier alpha value is 4.40. The van der Waals surface area contributed by atoms with Crippen LogP contribution in [0, 0.1) is 0 Å². The van der Waals surface area contributed by atoms with Gasteiger partial charge < -0.3 is 0 Å². The maximum Gasteiger partial charge on any atom is 0 e. The summed E-state index contributed by atoms with van der Waals surface area (Å²) in [7, 11) is 0. The van der Waals surface area contributed by atoms with Crippen molar-refractivity contribution in [2.45, 2.75) is 0 Å². The molecule has 0 aromatic heterocycles. The molecule has 0 saturated heterocycles. The third-order valence-electron chi connectivity index (χ3n) is 0. The average Bonchev–Trinajstić information content (AvgIpc) is 0. The molecular weight excluding hydrogens is 380 g/mol. The molecule has 8 heavy (non-hydrogen) atoms. The Morgan fingerprint density at radius 3 is 0.625 bits per heavy atom. The summed E-state index contributed by atoms with van der Waals surface area (Å²) in [5.41, 5.74) is 0. The summed E-state index contributed by atoms with van der Waals surface area (Å²) in [6.07, 6.45) is 0. The minimum Gasteiger partial charge on any atom is 0 e. The van der Waals surface area contributed by atoms with E-state index in [2.05, 4.69) is 0 Å². The summed E-state index contributed by atoms with van der Waals surface area (Å²) in [4.78, 5) is 0. The van der Waals surface area contributed by atoms with Gasteiger partial charge in [-0.15, -0.1) is 0 Å². The smallest absolute Gasteiger partial charge is 0 e. The van der Waals surface area contributed by atoms with E-state index < -0.39 is 0 Å². The van der Waals surface area contributed by atoms with Gasteiger partial charge in [0, 0.05) is 144 Å². The standard InChI is InChI=1S/Al.Cu.2Ni.Si.3Ti. The van der Waals surface area contributed by atoms with E-state index in [1.807, 2.05) is 0 Å². The van der Waals surface area contributed by atoms with Crippen LogP contribution in [0.3, 0.4) is 0 Å². The molecule has 0 aliphatic heterocycles.